The highest BCUT2D eigenvalue weighted by molar-refractivity contribution is 6.49. The molecule has 30 heavy (non-hydrogen) atoms. The third-order valence-corrected chi connectivity index (χ3v) is 7.26. The van der Waals surface area contributed by atoms with E-state index in [1.165, 1.54) is 6.08 Å². The Balaban J connectivity index is 1.94. The van der Waals surface area contributed by atoms with E-state index in [0.717, 1.165) is 0 Å². The second-order valence-electron chi connectivity index (χ2n) is 8.80. The molecule has 6 nitrogen and oxygen atoms in total. The molecule has 0 saturated carbocycles. The molecular weight excluding hydrogens is 384 g/mol. The van der Waals surface area contributed by atoms with Gasteiger partial charge in [0, 0.05) is 42.5 Å². The van der Waals surface area contributed by atoms with Gasteiger partial charge in [0.2, 0.25) is 0 Å². The summed E-state index contributed by atoms with van der Waals surface area (Å²) in [7, 11) is 0. The molecule has 7 rings (SSSR count). The molecule has 0 aromatic heterocycles. The molecule has 0 heterocycles. The number of carbonyl (C=O) groups excluding carboxylic acids is 6. The van der Waals surface area contributed by atoms with Crippen LogP contribution in [0.3, 0.4) is 0 Å². The molecule has 0 aliphatic heterocycles. The normalized spacial score (nSPS) is 25.3. The van der Waals surface area contributed by atoms with Crippen LogP contribution < -0.4 is 20.9 Å². The van der Waals surface area contributed by atoms with E-state index < -0.39 is 11.7 Å². The van der Waals surface area contributed by atoms with Crippen LogP contribution in [0.1, 0.15) is 49.1 Å². The van der Waals surface area contributed by atoms with Crippen molar-refractivity contribution < 1.29 is 28.8 Å². The molecule has 1 atom stereocenters. The van der Waals surface area contributed by atoms with E-state index in [-0.39, 0.29) is 72.2 Å². The molecule has 6 aliphatic carbocycles. The smallest absolute Gasteiger partial charge is 0.190 e. The maximum atomic E-state index is 12.9. The number of benzene rings is 1. The lowest BCUT2D eigenvalue weighted by molar-refractivity contribution is -0.128. The second-order valence-corrected chi connectivity index (χ2v) is 8.80. The molecule has 0 fully saturated rings. The Labute approximate surface area is 167 Å². The zero-order valence-corrected chi connectivity index (χ0v) is 15.6. The van der Waals surface area contributed by atoms with Crippen molar-refractivity contribution in [2.75, 3.05) is 0 Å². The van der Waals surface area contributed by atoms with Crippen molar-refractivity contribution in [3.8, 4) is 0 Å². The lowest BCUT2D eigenvalue weighted by Crippen LogP contribution is -2.64. The van der Waals surface area contributed by atoms with E-state index in [9.17, 15) is 28.8 Å². The Morgan fingerprint density at radius 1 is 0.600 bits per heavy atom. The number of rotatable bonds is 0. The first-order valence-corrected chi connectivity index (χ1v) is 9.95. The van der Waals surface area contributed by atoms with E-state index in [0.29, 0.717) is 48.7 Å². The summed E-state index contributed by atoms with van der Waals surface area (Å²) in [4.78, 5) is 77.4. The van der Waals surface area contributed by atoms with E-state index >= 15 is 0 Å². The topological polar surface area (TPSA) is 102 Å². The van der Waals surface area contributed by atoms with Gasteiger partial charge in [-0.15, -0.1) is 0 Å². The largest absolute Gasteiger partial charge is 0.298 e. The molecule has 0 N–H and O–H groups in total. The maximum Gasteiger partial charge on any atom is 0.190 e. The average Bonchev–Trinajstić information content (AvgIpc) is 2.65. The quantitative estimate of drug-likeness (QED) is 0.480. The second kappa shape index (κ2) is 4.78. The van der Waals surface area contributed by atoms with Gasteiger partial charge in [0.25, 0.3) is 0 Å². The number of ketones is 6. The lowest BCUT2D eigenvalue weighted by Gasteiger charge is -2.36. The van der Waals surface area contributed by atoms with Gasteiger partial charge in [0.15, 0.2) is 34.7 Å². The summed E-state index contributed by atoms with van der Waals surface area (Å²) in [5.74, 6) is -2.93. The Hall–Kier alpha value is -3.54. The molecule has 1 aromatic rings. The van der Waals surface area contributed by atoms with Crippen LogP contribution in [0.5, 0.6) is 0 Å². The molecule has 6 aliphatic rings. The van der Waals surface area contributed by atoms with Gasteiger partial charge in [-0.25, -0.2) is 0 Å². The number of hydrogen-bond acceptors (Lipinski definition) is 6. The van der Waals surface area contributed by atoms with Crippen LogP contribution in [0.15, 0.2) is 6.08 Å². The number of Topliss-reactive ketones (excluding diaryl/α,β-unsaturated/α-hetero) is 5. The van der Waals surface area contributed by atoms with Gasteiger partial charge in [-0.1, -0.05) is 0 Å². The fourth-order valence-corrected chi connectivity index (χ4v) is 6.32. The third kappa shape index (κ3) is 1.57. The monoisotopic (exact) mass is 396 g/mol. The van der Waals surface area contributed by atoms with Crippen LogP contribution in [-0.2, 0) is 28.8 Å². The minimum absolute atomic E-state index is 0.00519. The van der Waals surface area contributed by atoms with Gasteiger partial charge in [0.1, 0.15) is 5.92 Å². The highest BCUT2D eigenvalue weighted by atomic mass is 16.2. The Kier molecular flexibility index (Phi) is 2.59. The van der Waals surface area contributed by atoms with Gasteiger partial charge < -0.3 is 0 Å². The minimum Gasteiger partial charge on any atom is -0.298 e. The molecule has 6 heteroatoms. The summed E-state index contributed by atoms with van der Waals surface area (Å²) >= 11 is 0. The molecular formula is C24H12O6. The average molecular weight is 396 g/mol. The molecule has 0 bridgehead atoms. The van der Waals surface area contributed by atoms with Gasteiger partial charge in [-0.3, -0.25) is 28.8 Å². The van der Waals surface area contributed by atoms with Crippen molar-refractivity contribution in [3.63, 3.8) is 0 Å². The predicted molar refractivity (Wildman–Crippen MR) is 102 cm³/mol. The number of allylic oxidation sites excluding steroid dienone is 2. The Bertz CT molecular complexity index is 1600. The van der Waals surface area contributed by atoms with Crippen molar-refractivity contribution in [1.29, 1.82) is 0 Å². The van der Waals surface area contributed by atoms with Gasteiger partial charge in [0.05, 0.1) is 11.1 Å². The fourth-order valence-electron chi connectivity index (χ4n) is 6.32. The highest BCUT2D eigenvalue weighted by Gasteiger charge is 2.46. The molecule has 0 spiro atoms. The number of hydrogen-bond donors (Lipinski definition) is 0. The van der Waals surface area contributed by atoms with Crippen LogP contribution in [0, 0.1) is 0 Å². The van der Waals surface area contributed by atoms with E-state index in [4.69, 9.17) is 0 Å². The minimum atomic E-state index is -0.959. The SMILES string of the molecule is O=C1C=C2CC(=O)C3C(=O)CC4=c5c3c2c2c3c5=C(C(=O)C4)C(=O)CC=3CC(=O)C=21. The van der Waals surface area contributed by atoms with Crippen LogP contribution in [-0.4, -0.2) is 34.7 Å². The highest BCUT2D eigenvalue weighted by Crippen LogP contribution is 2.39. The lowest BCUT2D eigenvalue weighted by atomic mass is 9.64. The summed E-state index contributed by atoms with van der Waals surface area (Å²) in [6, 6.07) is 0. The fraction of sp³-hybridized carbons (Fsp3) is 0.250. The first-order chi connectivity index (χ1) is 14.4. The first kappa shape index (κ1) is 16.3. The summed E-state index contributed by atoms with van der Waals surface area (Å²) in [5, 5.41) is 2.24. The molecule has 144 valence electrons. The van der Waals surface area contributed by atoms with E-state index in [2.05, 4.69) is 0 Å². The van der Waals surface area contributed by atoms with Crippen molar-refractivity contribution in [3.05, 3.63) is 38.1 Å². The number of carbonyl (C=O) groups is 6. The Morgan fingerprint density at radius 3 is 1.90 bits per heavy atom. The van der Waals surface area contributed by atoms with Crippen LogP contribution in [0.25, 0.3) is 27.9 Å². The molecule has 0 radical (unpaired) electrons. The van der Waals surface area contributed by atoms with E-state index in [1.807, 2.05) is 0 Å². The van der Waals surface area contributed by atoms with Crippen LogP contribution >= 0.6 is 0 Å². The van der Waals surface area contributed by atoms with Gasteiger partial charge >= 0.3 is 0 Å². The van der Waals surface area contributed by atoms with Crippen molar-refractivity contribution in [2.24, 2.45) is 0 Å². The molecule has 1 aromatic carbocycles. The zero-order chi connectivity index (χ0) is 20.6. The van der Waals surface area contributed by atoms with Crippen LogP contribution in [0.4, 0.5) is 0 Å². The third-order valence-electron chi connectivity index (χ3n) is 7.26. The zero-order valence-electron chi connectivity index (χ0n) is 15.6. The van der Waals surface area contributed by atoms with Gasteiger partial charge in [-0.05, 0) is 44.4 Å². The van der Waals surface area contributed by atoms with Crippen LogP contribution in [0.2, 0.25) is 0 Å². The summed E-state index contributed by atoms with van der Waals surface area (Å²) in [5.41, 5.74) is 3.13. The van der Waals surface area contributed by atoms with Crippen molar-refractivity contribution in [1.82, 2.24) is 0 Å². The summed E-state index contributed by atoms with van der Waals surface area (Å²) in [6.07, 6.45) is 1.31. The van der Waals surface area contributed by atoms with E-state index in [1.54, 1.807) is 0 Å². The Morgan fingerprint density at radius 2 is 1.20 bits per heavy atom. The maximum absolute atomic E-state index is 12.9. The summed E-state index contributed by atoms with van der Waals surface area (Å²) in [6.45, 7) is 0. The van der Waals surface area contributed by atoms with Crippen molar-refractivity contribution >= 4 is 62.6 Å². The van der Waals surface area contributed by atoms with Gasteiger partial charge in [-0.2, -0.15) is 0 Å². The molecule has 1 unspecified atom stereocenters. The van der Waals surface area contributed by atoms with Crippen molar-refractivity contribution in [2.45, 2.75) is 38.0 Å². The first-order valence-electron chi connectivity index (χ1n) is 9.95. The molecule has 0 amide bonds. The molecule has 0 saturated heterocycles. The summed E-state index contributed by atoms with van der Waals surface area (Å²) < 4.78 is 0. The standard InChI is InChI=1S/C24H12O6/c25-10-1-7-2-11(26)20-13(28)5-9-6-15(30)21-14(29)4-8-3-12(27)19(10)22-16(7)23(20)18(9)24(21)17(8)22/h1,20H,2-6H2. The predicted octanol–water partition coefficient (Wildman–Crippen LogP) is -1.80.